The van der Waals surface area contributed by atoms with Gasteiger partial charge >= 0.3 is 5.51 Å². The maximum atomic E-state index is 12.9. The molecule has 1 aliphatic rings. The molecule has 1 atom stereocenters. The number of nitrogens with zero attached hydrogens (tertiary/aromatic N) is 2. The lowest BCUT2D eigenvalue weighted by atomic mass is 10.2. The van der Waals surface area contributed by atoms with Crippen molar-refractivity contribution < 1.29 is 26.4 Å². The van der Waals surface area contributed by atoms with E-state index in [0.717, 1.165) is 6.07 Å². The summed E-state index contributed by atoms with van der Waals surface area (Å²) in [6.07, 6.45) is 1.97. The standard InChI is InChI=1S/C17H16F3N3O3S/c18-17(19,20)27(25,26)15-7-2-1-5-13(15)22-12-8-10-23(11-12)16(24)14-6-3-4-9-21-14/h1-7,9,12,22H,8,10-11H2. The van der Waals surface area contributed by atoms with Crippen LogP contribution in [0.3, 0.4) is 0 Å². The number of amides is 1. The average Bonchev–Trinajstić information content (AvgIpc) is 3.09. The number of halogens is 3. The zero-order chi connectivity index (χ0) is 19.7. The lowest BCUT2D eigenvalue weighted by molar-refractivity contribution is -0.0435. The average molecular weight is 399 g/mol. The van der Waals surface area contributed by atoms with Gasteiger partial charge in [0.1, 0.15) is 5.69 Å². The number of rotatable bonds is 4. The van der Waals surface area contributed by atoms with Gasteiger partial charge in [0.25, 0.3) is 15.7 Å². The molecule has 2 aromatic rings. The van der Waals surface area contributed by atoms with Gasteiger partial charge in [-0.2, -0.15) is 13.2 Å². The number of alkyl halides is 3. The van der Waals surface area contributed by atoms with Gasteiger partial charge in [-0.15, -0.1) is 0 Å². The SMILES string of the molecule is O=C(c1ccccn1)N1CCC(Nc2ccccc2S(=O)(=O)C(F)(F)F)C1. The van der Waals surface area contributed by atoms with E-state index in [4.69, 9.17) is 0 Å². The molecule has 6 nitrogen and oxygen atoms in total. The minimum absolute atomic E-state index is 0.132. The summed E-state index contributed by atoms with van der Waals surface area (Å²) in [5.74, 6) is -0.281. The Kier molecular flexibility index (Phi) is 5.09. The van der Waals surface area contributed by atoms with Crippen LogP contribution in [-0.4, -0.2) is 48.8 Å². The Morgan fingerprint density at radius 3 is 2.52 bits per heavy atom. The first kappa shape index (κ1) is 19.2. The number of benzene rings is 1. The second-order valence-electron chi connectivity index (χ2n) is 6.04. The molecule has 0 radical (unpaired) electrons. The predicted octanol–water partition coefficient (Wildman–Crippen LogP) is 2.70. The first-order valence-electron chi connectivity index (χ1n) is 8.07. The van der Waals surface area contributed by atoms with Crippen LogP contribution >= 0.6 is 0 Å². The zero-order valence-electron chi connectivity index (χ0n) is 14.0. The number of likely N-dealkylation sites (tertiary alicyclic amines) is 1. The maximum absolute atomic E-state index is 12.9. The van der Waals surface area contributed by atoms with Gasteiger partial charge in [-0.3, -0.25) is 9.78 Å². The van der Waals surface area contributed by atoms with Gasteiger partial charge in [-0.1, -0.05) is 18.2 Å². The van der Waals surface area contributed by atoms with Crippen molar-refractivity contribution in [2.45, 2.75) is 22.9 Å². The van der Waals surface area contributed by atoms with Crippen LogP contribution in [0.2, 0.25) is 0 Å². The normalized spacial score (nSPS) is 17.7. The van der Waals surface area contributed by atoms with Crippen molar-refractivity contribution in [2.75, 3.05) is 18.4 Å². The van der Waals surface area contributed by atoms with E-state index in [1.165, 1.54) is 29.3 Å². The summed E-state index contributed by atoms with van der Waals surface area (Å²) in [4.78, 5) is 17.1. The second kappa shape index (κ2) is 7.18. The molecule has 1 N–H and O–H groups in total. The van der Waals surface area contributed by atoms with Gasteiger partial charge in [0.15, 0.2) is 0 Å². The van der Waals surface area contributed by atoms with Crippen molar-refractivity contribution in [3.63, 3.8) is 0 Å². The van der Waals surface area contributed by atoms with Crippen LogP contribution in [-0.2, 0) is 9.84 Å². The van der Waals surface area contributed by atoms with Crippen LogP contribution in [0.5, 0.6) is 0 Å². The number of anilines is 1. The number of aromatic nitrogens is 1. The number of pyridine rings is 1. The Bertz CT molecular complexity index is 933. The van der Waals surface area contributed by atoms with Crippen LogP contribution in [0.25, 0.3) is 0 Å². The first-order valence-corrected chi connectivity index (χ1v) is 9.55. The summed E-state index contributed by atoms with van der Waals surface area (Å²) in [5, 5.41) is 2.83. The molecular formula is C17H16F3N3O3S. The van der Waals surface area contributed by atoms with Crippen molar-refractivity contribution in [1.82, 2.24) is 9.88 Å². The highest BCUT2D eigenvalue weighted by atomic mass is 32.2. The van der Waals surface area contributed by atoms with Gasteiger partial charge in [0.05, 0.1) is 10.6 Å². The Hall–Kier alpha value is -2.62. The van der Waals surface area contributed by atoms with E-state index < -0.39 is 20.2 Å². The minimum Gasteiger partial charge on any atom is -0.379 e. The van der Waals surface area contributed by atoms with Crippen molar-refractivity contribution in [1.29, 1.82) is 0 Å². The first-order chi connectivity index (χ1) is 12.7. The van der Waals surface area contributed by atoms with E-state index in [0.29, 0.717) is 13.0 Å². The van der Waals surface area contributed by atoms with Gasteiger partial charge in [0, 0.05) is 25.3 Å². The highest BCUT2D eigenvalue weighted by molar-refractivity contribution is 7.92. The van der Waals surface area contributed by atoms with Gasteiger partial charge in [-0.25, -0.2) is 8.42 Å². The number of carbonyl (C=O) groups excluding carboxylic acids is 1. The van der Waals surface area contributed by atoms with E-state index >= 15 is 0 Å². The van der Waals surface area contributed by atoms with Crippen molar-refractivity contribution >= 4 is 21.4 Å². The molecule has 27 heavy (non-hydrogen) atoms. The number of sulfone groups is 1. The zero-order valence-corrected chi connectivity index (χ0v) is 14.8. The van der Waals surface area contributed by atoms with E-state index in [-0.39, 0.29) is 29.9 Å². The van der Waals surface area contributed by atoms with E-state index in [9.17, 15) is 26.4 Å². The molecule has 1 aromatic carbocycles. The Morgan fingerprint density at radius 2 is 1.85 bits per heavy atom. The topological polar surface area (TPSA) is 79.4 Å². The number of nitrogens with one attached hydrogen (secondary N) is 1. The molecule has 144 valence electrons. The third-order valence-electron chi connectivity index (χ3n) is 4.20. The van der Waals surface area contributed by atoms with Crippen molar-refractivity contribution in [3.8, 4) is 0 Å². The minimum atomic E-state index is -5.47. The summed E-state index contributed by atoms with van der Waals surface area (Å²) < 4.78 is 62.2. The molecule has 1 fully saturated rings. The third-order valence-corrected chi connectivity index (χ3v) is 5.74. The van der Waals surface area contributed by atoms with E-state index in [2.05, 4.69) is 10.3 Å². The summed E-state index contributed by atoms with van der Waals surface area (Å²) in [6, 6.07) is 9.45. The van der Waals surface area contributed by atoms with Crippen molar-refractivity contribution in [2.24, 2.45) is 0 Å². The van der Waals surface area contributed by atoms with Crippen LogP contribution in [0.15, 0.2) is 53.6 Å². The molecular weight excluding hydrogens is 383 g/mol. The van der Waals surface area contributed by atoms with Crippen LogP contribution < -0.4 is 5.32 Å². The predicted molar refractivity (Wildman–Crippen MR) is 91.9 cm³/mol. The molecule has 0 aliphatic carbocycles. The quantitative estimate of drug-likeness (QED) is 0.855. The Labute approximate surface area is 153 Å². The van der Waals surface area contributed by atoms with Gasteiger partial charge < -0.3 is 10.2 Å². The Morgan fingerprint density at radius 1 is 1.15 bits per heavy atom. The molecule has 2 heterocycles. The summed E-state index contributed by atoms with van der Waals surface area (Å²) in [6.45, 7) is 0.622. The lowest BCUT2D eigenvalue weighted by Gasteiger charge is -2.19. The summed E-state index contributed by atoms with van der Waals surface area (Å²) in [5.41, 5.74) is -5.24. The molecule has 0 spiro atoms. The van der Waals surface area contributed by atoms with Gasteiger partial charge in [-0.05, 0) is 30.7 Å². The smallest absolute Gasteiger partial charge is 0.379 e. The summed E-state index contributed by atoms with van der Waals surface area (Å²) >= 11 is 0. The fraction of sp³-hybridized carbons (Fsp3) is 0.294. The molecule has 0 bridgehead atoms. The van der Waals surface area contributed by atoms with Crippen molar-refractivity contribution in [3.05, 3.63) is 54.4 Å². The molecule has 3 rings (SSSR count). The van der Waals surface area contributed by atoms with E-state index in [1.807, 2.05) is 0 Å². The largest absolute Gasteiger partial charge is 0.501 e. The number of hydrogen-bond donors (Lipinski definition) is 1. The fourth-order valence-corrected chi connectivity index (χ4v) is 3.80. The third kappa shape index (κ3) is 3.90. The molecule has 10 heteroatoms. The number of para-hydroxylation sites is 1. The molecule has 1 aromatic heterocycles. The second-order valence-corrected chi connectivity index (χ2v) is 7.95. The highest BCUT2D eigenvalue weighted by Gasteiger charge is 2.48. The number of carbonyl (C=O) groups is 1. The Balaban J connectivity index is 1.76. The maximum Gasteiger partial charge on any atom is 0.501 e. The highest BCUT2D eigenvalue weighted by Crippen LogP contribution is 2.34. The van der Waals surface area contributed by atoms with Crippen LogP contribution in [0.1, 0.15) is 16.9 Å². The fourth-order valence-electron chi connectivity index (χ4n) is 2.88. The molecule has 1 unspecified atom stereocenters. The molecule has 1 amide bonds. The molecule has 1 saturated heterocycles. The lowest BCUT2D eigenvalue weighted by Crippen LogP contribution is -2.32. The summed E-state index contributed by atoms with van der Waals surface area (Å²) in [7, 11) is -5.47. The van der Waals surface area contributed by atoms with Crippen LogP contribution in [0.4, 0.5) is 18.9 Å². The number of hydrogen-bond acceptors (Lipinski definition) is 5. The van der Waals surface area contributed by atoms with Gasteiger partial charge in [0.2, 0.25) is 0 Å². The van der Waals surface area contributed by atoms with Crippen LogP contribution in [0, 0.1) is 0 Å². The molecule has 0 saturated carbocycles. The molecule has 1 aliphatic heterocycles. The monoisotopic (exact) mass is 399 g/mol. The van der Waals surface area contributed by atoms with E-state index in [1.54, 1.807) is 18.2 Å².